The topological polar surface area (TPSA) is 78.4 Å². The summed E-state index contributed by atoms with van der Waals surface area (Å²) in [4.78, 5) is 8.64. The number of aromatic nitrogens is 2. The van der Waals surface area contributed by atoms with Crippen LogP contribution in [-0.2, 0) is 10.2 Å². The predicted octanol–water partition coefficient (Wildman–Crippen LogP) is 1.41. The Morgan fingerprint density at radius 1 is 1.35 bits per heavy atom. The van der Waals surface area contributed by atoms with Crippen LogP contribution in [0.15, 0.2) is 6.20 Å². The molecule has 2 unspecified atom stereocenters. The van der Waals surface area contributed by atoms with Gasteiger partial charge in [0.2, 0.25) is 0 Å². The summed E-state index contributed by atoms with van der Waals surface area (Å²) in [6, 6.07) is 0.0673. The van der Waals surface area contributed by atoms with Crippen molar-refractivity contribution in [3.63, 3.8) is 0 Å². The third kappa shape index (κ3) is 3.99. The van der Waals surface area contributed by atoms with E-state index in [4.69, 9.17) is 0 Å². The minimum Gasteiger partial charge on any atom is -0.365 e. The summed E-state index contributed by atoms with van der Waals surface area (Å²) in [6.07, 6.45) is 3.81. The first-order valence-electron chi connectivity index (χ1n) is 8.00. The van der Waals surface area contributed by atoms with Crippen molar-refractivity contribution in [1.82, 2.24) is 18.6 Å². The van der Waals surface area contributed by atoms with Crippen LogP contribution in [-0.4, -0.2) is 60.2 Å². The molecule has 1 aromatic heterocycles. The number of anilines is 1. The van der Waals surface area contributed by atoms with Gasteiger partial charge in [-0.05, 0) is 26.2 Å². The number of hydrogen-bond acceptors (Lipinski definition) is 5. The van der Waals surface area contributed by atoms with Crippen LogP contribution in [0.25, 0.3) is 0 Å². The maximum absolute atomic E-state index is 12.4. The lowest BCUT2D eigenvalue weighted by Crippen LogP contribution is -2.39. The second-order valence-corrected chi connectivity index (χ2v) is 8.50. The van der Waals surface area contributed by atoms with E-state index in [0.29, 0.717) is 18.9 Å². The Balaban J connectivity index is 2.20. The summed E-state index contributed by atoms with van der Waals surface area (Å²) < 4.78 is 27.6. The zero-order valence-corrected chi connectivity index (χ0v) is 15.4. The zero-order valence-electron chi connectivity index (χ0n) is 14.6. The molecule has 0 radical (unpaired) electrons. The first kappa shape index (κ1) is 18.1. The van der Waals surface area contributed by atoms with Crippen LogP contribution in [0.5, 0.6) is 0 Å². The van der Waals surface area contributed by atoms with Crippen molar-refractivity contribution >= 4 is 16.0 Å². The lowest BCUT2D eigenvalue weighted by molar-refractivity contribution is 0.404. The van der Waals surface area contributed by atoms with Gasteiger partial charge in [0, 0.05) is 45.0 Å². The molecule has 0 amide bonds. The summed E-state index contributed by atoms with van der Waals surface area (Å²) in [6.45, 7) is 6.95. The summed E-state index contributed by atoms with van der Waals surface area (Å²) >= 11 is 0. The molecule has 0 spiro atoms. The fraction of sp³-hybridized carbons (Fsp3) is 0.733. The van der Waals surface area contributed by atoms with Gasteiger partial charge in [-0.25, -0.2) is 9.97 Å². The molecular formula is C15H27N5O2S. The van der Waals surface area contributed by atoms with E-state index in [-0.39, 0.29) is 12.0 Å². The van der Waals surface area contributed by atoms with Crippen LogP contribution in [0.3, 0.4) is 0 Å². The molecule has 2 rings (SSSR count). The number of hydrogen-bond donors (Lipinski definition) is 1. The largest absolute Gasteiger partial charge is 0.365 e. The van der Waals surface area contributed by atoms with Gasteiger partial charge in [-0.3, -0.25) is 0 Å². The molecule has 1 aliphatic heterocycles. The van der Waals surface area contributed by atoms with Crippen molar-refractivity contribution in [2.24, 2.45) is 5.92 Å². The lowest BCUT2D eigenvalue weighted by Gasteiger charge is -2.21. The molecule has 8 heteroatoms. The van der Waals surface area contributed by atoms with E-state index in [1.807, 2.05) is 13.8 Å². The predicted molar refractivity (Wildman–Crippen MR) is 91.5 cm³/mol. The molecule has 1 fully saturated rings. The third-order valence-electron chi connectivity index (χ3n) is 4.27. The molecule has 2 atom stereocenters. The second-order valence-electron chi connectivity index (χ2n) is 6.36. The minimum atomic E-state index is -3.38. The van der Waals surface area contributed by atoms with E-state index in [1.54, 1.807) is 24.6 Å². The molecule has 0 bridgehead atoms. The van der Waals surface area contributed by atoms with Crippen molar-refractivity contribution in [3.05, 3.63) is 17.6 Å². The highest BCUT2D eigenvalue weighted by Gasteiger charge is 2.39. The number of aryl methyl sites for hydroxylation is 2. The molecule has 0 aromatic carbocycles. The fourth-order valence-electron chi connectivity index (χ4n) is 2.93. The second kappa shape index (κ2) is 7.11. The van der Waals surface area contributed by atoms with Gasteiger partial charge in [-0.15, -0.1) is 0 Å². The molecule has 2 heterocycles. The van der Waals surface area contributed by atoms with Gasteiger partial charge >= 0.3 is 0 Å². The van der Waals surface area contributed by atoms with Gasteiger partial charge in [0.25, 0.3) is 10.2 Å². The first-order valence-corrected chi connectivity index (χ1v) is 9.39. The van der Waals surface area contributed by atoms with Crippen molar-refractivity contribution < 1.29 is 8.42 Å². The van der Waals surface area contributed by atoms with Crippen molar-refractivity contribution in [2.75, 3.05) is 32.5 Å². The molecular weight excluding hydrogens is 314 g/mol. The van der Waals surface area contributed by atoms with Crippen LogP contribution in [0.2, 0.25) is 0 Å². The quantitative estimate of drug-likeness (QED) is 0.846. The maximum atomic E-state index is 12.4. The fourth-order valence-corrected chi connectivity index (χ4v) is 4.12. The normalized spacial score (nSPS) is 22.7. The Morgan fingerprint density at radius 3 is 2.65 bits per heavy atom. The van der Waals surface area contributed by atoms with Crippen molar-refractivity contribution in [3.8, 4) is 0 Å². The Bertz CT molecular complexity index is 647. The molecule has 1 saturated heterocycles. The van der Waals surface area contributed by atoms with Gasteiger partial charge in [0.15, 0.2) is 0 Å². The molecule has 23 heavy (non-hydrogen) atoms. The van der Waals surface area contributed by atoms with Crippen molar-refractivity contribution in [2.45, 2.75) is 39.7 Å². The highest BCUT2D eigenvalue weighted by molar-refractivity contribution is 7.86. The lowest BCUT2D eigenvalue weighted by atomic mass is 9.98. The summed E-state index contributed by atoms with van der Waals surface area (Å²) in [5, 5.41) is 3.45. The molecule has 1 aliphatic rings. The Kier molecular flexibility index (Phi) is 5.59. The molecule has 0 saturated carbocycles. The average molecular weight is 341 g/mol. The van der Waals surface area contributed by atoms with Crippen LogP contribution in [0.1, 0.15) is 31.2 Å². The van der Waals surface area contributed by atoms with E-state index >= 15 is 0 Å². The van der Waals surface area contributed by atoms with Crippen molar-refractivity contribution in [1.29, 1.82) is 0 Å². The number of rotatable bonds is 6. The summed E-state index contributed by atoms with van der Waals surface area (Å²) in [5.74, 6) is 1.79. The van der Waals surface area contributed by atoms with Gasteiger partial charge in [-0.2, -0.15) is 17.0 Å². The minimum absolute atomic E-state index is 0.0673. The van der Waals surface area contributed by atoms with Crippen LogP contribution >= 0.6 is 0 Å². The van der Waals surface area contributed by atoms with Gasteiger partial charge in [0.05, 0.1) is 0 Å². The smallest absolute Gasteiger partial charge is 0.281 e. The Labute approximate surface area is 139 Å². The molecule has 1 aromatic rings. The molecule has 7 nitrogen and oxygen atoms in total. The molecule has 0 aliphatic carbocycles. The molecule has 130 valence electrons. The monoisotopic (exact) mass is 341 g/mol. The van der Waals surface area contributed by atoms with Gasteiger partial charge < -0.3 is 5.32 Å². The third-order valence-corrected chi connectivity index (χ3v) is 6.14. The Hall–Kier alpha value is -1.25. The van der Waals surface area contributed by atoms with E-state index < -0.39 is 10.2 Å². The summed E-state index contributed by atoms with van der Waals surface area (Å²) in [5.41, 5.74) is 0.972. The highest BCUT2D eigenvalue weighted by Crippen LogP contribution is 2.27. The van der Waals surface area contributed by atoms with Crippen LogP contribution in [0, 0.1) is 19.8 Å². The zero-order chi connectivity index (χ0) is 17.2. The van der Waals surface area contributed by atoms with E-state index in [0.717, 1.165) is 24.2 Å². The maximum Gasteiger partial charge on any atom is 0.281 e. The number of nitrogens with one attached hydrogen (secondary N) is 1. The van der Waals surface area contributed by atoms with Crippen LogP contribution in [0.4, 0.5) is 5.82 Å². The first-order chi connectivity index (χ1) is 10.8. The van der Waals surface area contributed by atoms with Gasteiger partial charge in [0.1, 0.15) is 11.6 Å². The highest BCUT2D eigenvalue weighted by atomic mass is 32.2. The van der Waals surface area contributed by atoms with Crippen LogP contribution < -0.4 is 5.32 Å². The van der Waals surface area contributed by atoms with Gasteiger partial charge in [-0.1, -0.05) is 13.3 Å². The summed E-state index contributed by atoms with van der Waals surface area (Å²) in [7, 11) is -0.233. The number of nitrogens with zero attached hydrogens (tertiary/aromatic N) is 4. The SMILES string of the molecule is CCCC1CN(S(=O)(=O)N(C)C)CC1Nc1nc(C)ncc1C. The standard InChI is InChI=1S/C15H27N5O2S/c1-6-7-13-9-20(23(21,22)19(4)5)10-14(13)18-15-11(2)8-16-12(3)17-15/h8,13-14H,6-7,9-10H2,1-5H3,(H,16,17,18). The van der Waals surface area contributed by atoms with E-state index in [1.165, 1.54) is 4.31 Å². The average Bonchev–Trinajstić information content (AvgIpc) is 2.87. The molecule has 1 N–H and O–H groups in total. The van der Waals surface area contributed by atoms with E-state index in [9.17, 15) is 8.42 Å². The Morgan fingerprint density at radius 2 is 2.04 bits per heavy atom. The van der Waals surface area contributed by atoms with E-state index in [2.05, 4.69) is 22.2 Å².